The van der Waals surface area contributed by atoms with E-state index in [4.69, 9.17) is 4.74 Å². The van der Waals surface area contributed by atoms with Gasteiger partial charge in [0.15, 0.2) is 0 Å². The molecule has 0 fully saturated rings. The molecule has 0 aliphatic rings. The molecular formula is C14H19N3O2. The molecule has 19 heavy (non-hydrogen) atoms. The number of carbonyl (C=O) groups is 1. The number of methoxy groups -OCH3 is 1. The fourth-order valence-electron chi connectivity index (χ4n) is 1.97. The maximum absolute atomic E-state index is 11.4. The summed E-state index contributed by atoms with van der Waals surface area (Å²) in [6.45, 7) is 3.32. The van der Waals surface area contributed by atoms with Crippen LogP contribution in [0.2, 0.25) is 0 Å². The Kier molecular flexibility index (Phi) is 4.39. The Hall–Kier alpha value is -2.04. The first kappa shape index (κ1) is 13.4. The molecule has 1 N–H and O–H groups in total. The second-order valence-electron chi connectivity index (χ2n) is 4.39. The van der Waals surface area contributed by atoms with E-state index in [1.165, 1.54) is 0 Å². The summed E-state index contributed by atoms with van der Waals surface area (Å²) in [6, 6.07) is 5.78. The number of aromatic nitrogens is 2. The predicted molar refractivity (Wildman–Crippen MR) is 74.2 cm³/mol. The van der Waals surface area contributed by atoms with E-state index in [-0.39, 0.29) is 5.91 Å². The summed E-state index contributed by atoms with van der Waals surface area (Å²) < 4.78 is 7.23. The van der Waals surface area contributed by atoms with E-state index in [1.807, 2.05) is 29.7 Å². The van der Waals surface area contributed by atoms with Crippen LogP contribution in [0.1, 0.15) is 19.8 Å². The van der Waals surface area contributed by atoms with Crippen molar-refractivity contribution >= 4 is 16.9 Å². The summed E-state index contributed by atoms with van der Waals surface area (Å²) >= 11 is 0. The lowest BCUT2D eigenvalue weighted by atomic mass is 10.3. The van der Waals surface area contributed by atoms with Gasteiger partial charge in [-0.05, 0) is 18.6 Å². The van der Waals surface area contributed by atoms with Crippen molar-refractivity contribution in [1.29, 1.82) is 0 Å². The molecule has 5 nitrogen and oxygen atoms in total. The third-order valence-electron chi connectivity index (χ3n) is 2.98. The minimum Gasteiger partial charge on any atom is -0.497 e. The number of benzene rings is 1. The van der Waals surface area contributed by atoms with Gasteiger partial charge in [-0.3, -0.25) is 4.79 Å². The number of amides is 1. The molecule has 1 amide bonds. The van der Waals surface area contributed by atoms with Crippen LogP contribution in [0.4, 0.5) is 0 Å². The highest BCUT2D eigenvalue weighted by molar-refractivity contribution is 5.77. The lowest BCUT2D eigenvalue weighted by Crippen LogP contribution is -2.26. The Morgan fingerprint density at radius 2 is 2.32 bits per heavy atom. The average Bonchev–Trinajstić information content (AvgIpc) is 2.81. The van der Waals surface area contributed by atoms with Crippen molar-refractivity contribution in [3.05, 3.63) is 24.5 Å². The van der Waals surface area contributed by atoms with E-state index in [1.54, 1.807) is 13.4 Å². The molecule has 0 unspecified atom stereocenters. The Labute approximate surface area is 112 Å². The fourth-order valence-corrected chi connectivity index (χ4v) is 1.97. The molecule has 5 heteroatoms. The number of nitrogens with zero attached hydrogens (tertiary/aromatic N) is 2. The highest BCUT2D eigenvalue weighted by Crippen LogP contribution is 2.19. The Morgan fingerprint density at radius 3 is 3.05 bits per heavy atom. The number of rotatable bonds is 6. The van der Waals surface area contributed by atoms with Crippen LogP contribution in [-0.4, -0.2) is 29.1 Å². The van der Waals surface area contributed by atoms with Gasteiger partial charge in [0, 0.05) is 25.6 Å². The second-order valence-corrected chi connectivity index (χ2v) is 4.39. The molecule has 1 heterocycles. The maximum Gasteiger partial charge on any atom is 0.220 e. The molecule has 0 aliphatic carbocycles. The van der Waals surface area contributed by atoms with Gasteiger partial charge in [0.2, 0.25) is 5.91 Å². The van der Waals surface area contributed by atoms with Gasteiger partial charge in [-0.1, -0.05) is 6.92 Å². The normalized spacial score (nSPS) is 10.6. The molecule has 2 aromatic rings. The molecule has 0 aliphatic heterocycles. The quantitative estimate of drug-likeness (QED) is 0.864. The van der Waals surface area contributed by atoms with E-state index in [2.05, 4.69) is 10.3 Å². The summed E-state index contributed by atoms with van der Waals surface area (Å²) in [4.78, 5) is 15.7. The van der Waals surface area contributed by atoms with Crippen molar-refractivity contribution in [3.8, 4) is 5.75 Å². The molecule has 0 saturated heterocycles. The molecule has 0 radical (unpaired) electrons. The van der Waals surface area contributed by atoms with Crippen LogP contribution in [0.5, 0.6) is 5.75 Å². The van der Waals surface area contributed by atoms with Gasteiger partial charge in [0.1, 0.15) is 5.75 Å². The lowest BCUT2D eigenvalue weighted by molar-refractivity contribution is -0.121. The van der Waals surface area contributed by atoms with Gasteiger partial charge in [-0.2, -0.15) is 0 Å². The van der Waals surface area contributed by atoms with Gasteiger partial charge < -0.3 is 14.6 Å². The van der Waals surface area contributed by atoms with Crippen molar-refractivity contribution in [2.75, 3.05) is 13.7 Å². The topological polar surface area (TPSA) is 56.2 Å². The van der Waals surface area contributed by atoms with E-state index in [9.17, 15) is 4.79 Å². The van der Waals surface area contributed by atoms with Crippen LogP contribution < -0.4 is 10.1 Å². The van der Waals surface area contributed by atoms with Crippen molar-refractivity contribution < 1.29 is 9.53 Å². The van der Waals surface area contributed by atoms with E-state index >= 15 is 0 Å². The van der Waals surface area contributed by atoms with E-state index in [0.717, 1.165) is 23.2 Å². The average molecular weight is 261 g/mol. The summed E-state index contributed by atoms with van der Waals surface area (Å²) in [5, 5.41) is 2.90. The van der Waals surface area contributed by atoms with Crippen molar-refractivity contribution in [3.63, 3.8) is 0 Å². The van der Waals surface area contributed by atoms with E-state index < -0.39 is 0 Å². The van der Waals surface area contributed by atoms with Crippen LogP contribution in [-0.2, 0) is 11.3 Å². The zero-order chi connectivity index (χ0) is 13.7. The number of fused-ring (bicyclic) bond motifs is 1. The van der Waals surface area contributed by atoms with Gasteiger partial charge in [-0.25, -0.2) is 4.98 Å². The lowest BCUT2D eigenvalue weighted by Gasteiger charge is -2.07. The highest BCUT2D eigenvalue weighted by atomic mass is 16.5. The Bertz CT molecular complexity index is 563. The zero-order valence-corrected chi connectivity index (χ0v) is 11.3. The third-order valence-corrected chi connectivity index (χ3v) is 2.98. The van der Waals surface area contributed by atoms with Crippen LogP contribution in [0.15, 0.2) is 24.5 Å². The minimum atomic E-state index is 0.101. The van der Waals surface area contributed by atoms with Crippen LogP contribution in [0.25, 0.3) is 11.0 Å². The molecule has 0 spiro atoms. The van der Waals surface area contributed by atoms with Crippen molar-refractivity contribution in [2.45, 2.75) is 26.3 Å². The Morgan fingerprint density at radius 1 is 1.47 bits per heavy atom. The summed E-state index contributed by atoms with van der Waals surface area (Å²) in [5.41, 5.74) is 1.95. The highest BCUT2D eigenvalue weighted by Gasteiger charge is 2.04. The summed E-state index contributed by atoms with van der Waals surface area (Å²) in [6.07, 6.45) is 3.24. The van der Waals surface area contributed by atoms with Crippen molar-refractivity contribution in [2.24, 2.45) is 0 Å². The van der Waals surface area contributed by atoms with Crippen molar-refractivity contribution in [1.82, 2.24) is 14.9 Å². The van der Waals surface area contributed by atoms with E-state index in [0.29, 0.717) is 19.5 Å². The number of nitrogens with one attached hydrogen (secondary N) is 1. The summed E-state index contributed by atoms with van der Waals surface area (Å²) in [5.74, 6) is 0.911. The molecular weight excluding hydrogens is 242 g/mol. The summed E-state index contributed by atoms with van der Waals surface area (Å²) in [7, 11) is 1.65. The molecule has 2 rings (SSSR count). The monoisotopic (exact) mass is 261 g/mol. The smallest absolute Gasteiger partial charge is 0.220 e. The molecule has 1 aromatic carbocycles. The number of ether oxygens (including phenoxy) is 1. The zero-order valence-electron chi connectivity index (χ0n) is 11.3. The first-order chi connectivity index (χ1) is 9.24. The predicted octanol–water partition coefficient (Wildman–Crippen LogP) is 1.96. The number of hydrogen-bond acceptors (Lipinski definition) is 3. The fraction of sp³-hybridized carbons (Fsp3) is 0.429. The molecule has 0 saturated carbocycles. The number of hydrogen-bond donors (Lipinski definition) is 1. The SMILES string of the molecule is CCCC(=O)NCCn1cnc2ccc(OC)cc21. The molecule has 0 atom stereocenters. The number of imidazole rings is 1. The van der Waals surface area contributed by atoms with Crippen LogP contribution in [0, 0.1) is 0 Å². The first-order valence-corrected chi connectivity index (χ1v) is 6.50. The largest absolute Gasteiger partial charge is 0.497 e. The van der Waals surface area contributed by atoms with Gasteiger partial charge in [0.05, 0.1) is 24.5 Å². The maximum atomic E-state index is 11.4. The van der Waals surface area contributed by atoms with Crippen LogP contribution in [0.3, 0.4) is 0 Å². The standard InChI is InChI=1S/C14H19N3O2/c1-3-4-14(18)15-7-8-17-10-16-12-6-5-11(19-2)9-13(12)17/h5-6,9-10H,3-4,7-8H2,1-2H3,(H,15,18). The molecule has 0 bridgehead atoms. The third kappa shape index (κ3) is 3.24. The van der Waals surface area contributed by atoms with Crippen LogP contribution >= 0.6 is 0 Å². The Balaban J connectivity index is 2.02. The van der Waals surface area contributed by atoms with Gasteiger partial charge in [0.25, 0.3) is 0 Å². The molecule has 1 aromatic heterocycles. The minimum absolute atomic E-state index is 0.101. The van der Waals surface area contributed by atoms with Gasteiger partial charge in [-0.15, -0.1) is 0 Å². The second kappa shape index (κ2) is 6.22. The molecule has 102 valence electrons. The van der Waals surface area contributed by atoms with Gasteiger partial charge >= 0.3 is 0 Å². The first-order valence-electron chi connectivity index (χ1n) is 6.50. The number of carbonyl (C=O) groups excluding carboxylic acids is 1.